The quantitative estimate of drug-likeness (QED) is 0.897. The Kier molecular flexibility index (Phi) is 4.02. The maximum absolute atomic E-state index is 6.78. The number of hydrogen-bond acceptors (Lipinski definition) is 2. The van der Waals surface area contributed by atoms with Gasteiger partial charge in [0.05, 0.1) is 6.61 Å². The normalized spacial score (nSPS) is 29.6. The fraction of sp³-hybridized carbons (Fsp3) is 0.667. The second-order valence-electron chi connectivity index (χ2n) is 6.63. The Labute approximate surface area is 122 Å². The largest absolute Gasteiger partial charge is 0.493 e. The smallest absolute Gasteiger partial charge is 0.127 e. The van der Waals surface area contributed by atoms with Crippen molar-refractivity contribution in [2.75, 3.05) is 6.61 Å². The minimum atomic E-state index is -0.160. The van der Waals surface area contributed by atoms with Gasteiger partial charge >= 0.3 is 0 Å². The van der Waals surface area contributed by atoms with Crippen molar-refractivity contribution in [1.82, 2.24) is 0 Å². The van der Waals surface area contributed by atoms with Gasteiger partial charge in [0.1, 0.15) is 5.75 Å². The van der Waals surface area contributed by atoms with E-state index in [4.69, 9.17) is 10.5 Å². The predicted molar refractivity (Wildman–Crippen MR) is 83.0 cm³/mol. The first kappa shape index (κ1) is 13.9. The van der Waals surface area contributed by atoms with E-state index in [2.05, 4.69) is 25.1 Å². The standard InChI is InChI=1S/C18H27NO/c1-2-5-14-9-11-18(19,12-10-14)16-8-3-6-15-7-4-13-20-17(15)16/h3,6,8,14H,2,4-5,7,9-13,19H2,1H3. The van der Waals surface area contributed by atoms with Gasteiger partial charge in [-0.3, -0.25) is 0 Å². The first-order chi connectivity index (χ1) is 9.73. The van der Waals surface area contributed by atoms with Crippen LogP contribution < -0.4 is 10.5 Å². The zero-order valence-electron chi connectivity index (χ0n) is 12.7. The first-order valence-electron chi connectivity index (χ1n) is 8.27. The average molecular weight is 273 g/mol. The molecule has 0 atom stereocenters. The zero-order valence-corrected chi connectivity index (χ0v) is 12.7. The maximum atomic E-state index is 6.78. The van der Waals surface area contributed by atoms with E-state index >= 15 is 0 Å². The summed E-state index contributed by atoms with van der Waals surface area (Å²) >= 11 is 0. The molecule has 1 fully saturated rings. The van der Waals surface area contributed by atoms with E-state index in [1.54, 1.807) is 0 Å². The summed E-state index contributed by atoms with van der Waals surface area (Å²) in [6.45, 7) is 3.13. The van der Waals surface area contributed by atoms with E-state index in [1.165, 1.54) is 36.8 Å². The lowest BCUT2D eigenvalue weighted by molar-refractivity contribution is 0.213. The van der Waals surface area contributed by atoms with Crippen molar-refractivity contribution in [3.63, 3.8) is 0 Å². The van der Waals surface area contributed by atoms with E-state index in [-0.39, 0.29) is 5.54 Å². The van der Waals surface area contributed by atoms with Crippen LogP contribution in [0.4, 0.5) is 0 Å². The number of ether oxygens (including phenoxy) is 1. The average Bonchev–Trinajstić information content (AvgIpc) is 2.49. The highest BCUT2D eigenvalue weighted by Gasteiger charge is 2.36. The van der Waals surface area contributed by atoms with Gasteiger partial charge in [-0.25, -0.2) is 0 Å². The summed E-state index contributed by atoms with van der Waals surface area (Å²) in [6.07, 6.45) is 9.69. The molecular weight excluding hydrogens is 246 g/mol. The summed E-state index contributed by atoms with van der Waals surface area (Å²) in [7, 11) is 0. The fourth-order valence-corrected chi connectivity index (χ4v) is 3.94. The lowest BCUT2D eigenvalue weighted by Gasteiger charge is -2.39. The Morgan fingerprint density at radius 1 is 1.30 bits per heavy atom. The van der Waals surface area contributed by atoms with Gasteiger partial charge in [-0.05, 0) is 50.0 Å². The second-order valence-corrected chi connectivity index (χ2v) is 6.63. The second kappa shape index (κ2) is 5.77. The molecule has 2 nitrogen and oxygen atoms in total. The van der Waals surface area contributed by atoms with Crippen LogP contribution in [0.3, 0.4) is 0 Å². The van der Waals surface area contributed by atoms with Crippen molar-refractivity contribution in [2.24, 2.45) is 11.7 Å². The van der Waals surface area contributed by atoms with Crippen LogP contribution in [0.2, 0.25) is 0 Å². The minimum absolute atomic E-state index is 0.160. The van der Waals surface area contributed by atoms with Crippen LogP contribution in [0.25, 0.3) is 0 Å². The third-order valence-electron chi connectivity index (χ3n) is 5.16. The molecule has 0 saturated heterocycles. The number of rotatable bonds is 3. The molecule has 3 rings (SSSR count). The van der Waals surface area contributed by atoms with Crippen molar-refractivity contribution in [3.8, 4) is 5.75 Å². The molecule has 2 N–H and O–H groups in total. The molecule has 1 aliphatic heterocycles. The third kappa shape index (κ3) is 2.58. The zero-order chi connectivity index (χ0) is 14.0. The Balaban J connectivity index is 1.82. The van der Waals surface area contributed by atoms with Gasteiger partial charge in [-0.1, -0.05) is 38.0 Å². The maximum Gasteiger partial charge on any atom is 0.127 e. The summed E-state index contributed by atoms with van der Waals surface area (Å²) < 4.78 is 5.97. The van der Waals surface area contributed by atoms with Crippen molar-refractivity contribution in [3.05, 3.63) is 29.3 Å². The number of benzene rings is 1. The molecule has 20 heavy (non-hydrogen) atoms. The number of fused-ring (bicyclic) bond motifs is 1. The van der Waals surface area contributed by atoms with Crippen molar-refractivity contribution in [2.45, 2.75) is 63.8 Å². The van der Waals surface area contributed by atoms with Crippen LogP contribution in [0.15, 0.2) is 18.2 Å². The molecule has 1 heterocycles. The molecule has 0 radical (unpaired) electrons. The van der Waals surface area contributed by atoms with Crippen LogP contribution in [-0.4, -0.2) is 6.61 Å². The highest BCUT2D eigenvalue weighted by atomic mass is 16.5. The predicted octanol–water partition coefficient (Wildman–Crippen LogP) is 4.16. The summed E-state index contributed by atoms with van der Waals surface area (Å²) in [5.41, 5.74) is 9.25. The lowest BCUT2D eigenvalue weighted by atomic mass is 9.71. The van der Waals surface area contributed by atoms with E-state index in [0.717, 1.165) is 44.0 Å². The molecular formula is C18H27NO. The SMILES string of the molecule is CCCC1CCC(N)(c2cccc3c2OCCC3)CC1. The summed E-state index contributed by atoms with van der Waals surface area (Å²) in [6, 6.07) is 6.56. The monoisotopic (exact) mass is 273 g/mol. The van der Waals surface area contributed by atoms with E-state index < -0.39 is 0 Å². The van der Waals surface area contributed by atoms with Gasteiger partial charge in [-0.2, -0.15) is 0 Å². The minimum Gasteiger partial charge on any atom is -0.493 e. The topological polar surface area (TPSA) is 35.2 Å². The van der Waals surface area contributed by atoms with E-state index in [1.807, 2.05) is 0 Å². The highest BCUT2D eigenvalue weighted by Crippen LogP contribution is 2.44. The van der Waals surface area contributed by atoms with Gasteiger partial charge < -0.3 is 10.5 Å². The first-order valence-corrected chi connectivity index (χ1v) is 8.27. The molecule has 0 unspecified atom stereocenters. The molecule has 1 aromatic rings. The number of nitrogens with two attached hydrogens (primary N) is 1. The van der Waals surface area contributed by atoms with Crippen LogP contribution >= 0.6 is 0 Å². The summed E-state index contributed by atoms with van der Waals surface area (Å²) in [5, 5.41) is 0. The van der Waals surface area contributed by atoms with Gasteiger partial charge in [0.25, 0.3) is 0 Å². The highest BCUT2D eigenvalue weighted by molar-refractivity contribution is 5.46. The molecule has 0 bridgehead atoms. The fourth-order valence-electron chi connectivity index (χ4n) is 3.94. The Hall–Kier alpha value is -1.02. The molecule has 0 spiro atoms. The van der Waals surface area contributed by atoms with Crippen molar-refractivity contribution < 1.29 is 4.74 Å². The molecule has 1 aromatic carbocycles. The molecule has 1 saturated carbocycles. The number of aryl methyl sites for hydroxylation is 1. The van der Waals surface area contributed by atoms with Gasteiger partial charge in [0.15, 0.2) is 0 Å². The van der Waals surface area contributed by atoms with Crippen LogP contribution in [0, 0.1) is 5.92 Å². The van der Waals surface area contributed by atoms with Crippen molar-refractivity contribution in [1.29, 1.82) is 0 Å². The van der Waals surface area contributed by atoms with Gasteiger partial charge in [-0.15, -0.1) is 0 Å². The molecule has 1 aliphatic carbocycles. The van der Waals surface area contributed by atoms with Gasteiger partial charge in [0.2, 0.25) is 0 Å². The number of hydrogen-bond donors (Lipinski definition) is 1. The Morgan fingerprint density at radius 2 is 2.10 bits per heavy atom. The van der Waals surface area contributed by atoms with Crippen molar-refractivity contribution >= 4 is 0 Å². The molecule has 0 amide bonds. The molecule has 110 valence electrons. The lowest BCUT2D eigenvalue weighted by Crippen LogP contribution is -2.41. The van der Waals surface area contributed by atoms with Crippen LogP contribution in [0.1, 0.15) is 63.0 Å². The molecule has 2 heteroatoms. The molecule has 2 aliphatic rings. The summed E-state index contributed by atoms with van der Waals surface area (Å²) in [5.74, 6) is 1.99. The Bertz CT molecular complexity index is 460. The van der Waals surface area contributed by atoms with Gasteiger partial charge in [0, 0.05) is 11.1 Å². The van der Waals surface area contributed by atoms with Crippen LogP contribution in [-0.2, 0) is 12.0 Å². The number of para-hydroxylation sites is 1. The third-order valence-corrected chi connectivity index (χ3v) is 5.16. The van der Waals surface area contributed by atoms with Crippen LogP contribution in [0.5, 0.6) is 5.75 Å². The Morgan fingerprint density at radius 3 is 2.85 bits per heavy atom. The summed E-state index contributed by atoms with van der Waals surface area (Å²) in [4.78, 5) is 0. The molecule has 0 aromatic heterocycles. The van der Waals surface area contributed by atoms with E-state index in [0.29, 0.717) is 0 Å². The van der Waals surface area contributed by atoms with E-state index in [9.17, 15) is 0 Å².